The molecule has 0 N–H and O–H groups in total. The van der Waals surface area contributed by atoms with Gasteiger partial charge < -0.3 is 13.9 Å². The molecule has 6 nitrogen and oxygen atoms in total. The summed E-state index contributed by atoms with van der Waals surface area (Å²) in [5.74, 6) is 1.77. The molecule has 0 radical (unpaired) electrons. The molecule has 0 amide bonds. The summed E-state index contributed by atoms with van der Waals surface area (Å²) in [4.78, 5) is 4.96. The molecule has 0 bridgehead atoms. The Bertz CT molecular complexity index is 3770. The van der Waals surface area contributed by atoms with Crippen molar-refractivity contribution in [3.05, 3.63) is 186 Å². The summed E-state index contributed by atoms with van der Waals surface area (Å²) in [7, 11) is 0. The maximum atomic E-state index is 8.63. The number of rotatable bonds is 6. The van der Waals surface area contributed by atoms with Crippen LogP contribution >= 0.6 is 0 Å². The van der Waals surface area contributed by atoms with E-state index in [0.29, 0.717) is 28.6 Å². The Kier molecular flexibility index (Phi) is 10.00. The minimum atomic E-state index is -2.38. The average Bonchev–Trinajstić information content (AvgIpc) is 3.98. The van der Waals surface area contributed by atoms with Crippen LogP contribution in [-0.4, -0.2) is 20.1 Å². The molecule has 3 aromatic heterocycles. The molecule has 0 saturated carbocycles. The van der Waals surface area contributed by atoms with E-state index < -0.39 is 6.85 Å². The van der Waals surface area contributed by atoms with Gasteiger partial charge in [0.1, 0.15) is 11.5 Å². The van der Waals surface area contributed by atoms with Gasteiger partial charge in [-0.3, -0.25) is 0 Å². The number of benzene rings is 7. The zero-order chi connectivity index (χ0) is 49.1. The largest absolute Gasteiger partial charge is 2.00 e. The van der Waals surface area contributed by atoms with Gasteiger partial charge in [0.15, 0.2) is 0 Å². The third kappa shape index (κ3) is 7.70. The number of aryl methyl sites for hydroxylation is 1. The second-order valence-corrected chi connectivity index (χ2v) is 20.9. The number of fused-ring (bicyclic) bond motifs is 7. The molecule has 0 unspecified atom stereocenters. The van der Waals surface area contributed by atoms with Crippen LogP contribution < -0.4 is 13.9 Å². The first kappa shape index (κ1) is 41.4. The minimum Gasteiger partial charge on any atom is -0.509 e. The zero-order valence-corrected chi connectivity index (χ0v) is 42.2. The van der Waals surface area contributed by atoms with Crippen molar-refractivity contribution in [2.24, 2.45) is 0 Å². The molecule has 11 rings (SSSR count). The SMILES string of the molecule is [2H]C([2H])([2H])c1cccc2c1[N+](c1cc(C(C)(C)C)cc(C(C)(C)C)c1)=C=[N+]2c1[c-]c(Oc2[c-]c3c(cc2)c2cc(-n4c5ccccc5c5ccccc54)ccc2n3-c2cc(C(C)(C)C)ccn2)ccc1.[Pt+2]. The standard InChI is InChI=1S/C61H55N5O.Pt/c1-39-17-15-24-55-58(39)64(45-32-41(60(5,6)7)31-42(33-45)61(8,9)10)38-63(55)43-18-16-19-46(35-43)67-47-26-27-50-51-36-44(65-52-22-13-11-20-48(52)49-21-12-14-23-53(49)65)25-28-54(51)66(56(50)37-47)57-34-40(29-30-62-57)59(2,3)4;/h11-34,36H,1-10H3;/q;+2/i1D3;. The molecule has 7 heteroatoms. The number of para-hydroxylation sites is 3. The third-order valence-corrected chi connectivity index (χ3v) is 13.1. The second kappa shape index (κ2) is 16.4. The molecule has 0 aliphatic carbocycles. The van der Waals surface area contributed by atoms with Gasteiger partial charge in [0.2, 0.25) is 5.69 Å². The van der Waals surface area contributed by atoms with Gasteiger partial charge in [-0.05, 0) is 92.2 Å². The van der Waals surface area contributed by atoms with E-state index in [2.05, 4.69) is 193 Å². The van der Waals surface area contributed by atoms with Crippen LogP contribution in [0.4, 0.5) is 22.7 Å². The minimum absolute atomic E-state index is 0. The number of hydrogen-bond acceptors (Lipinski definition) is 2. The van der Waals surface area contributed by atoms with Crippen LogP contribution in [0.25, 0.3) is 55.1 Å². The average molecular weight is 1070 g/mol. The fourth-order valence-electron chi connectivity index (χ4n) is 9.43. The molecule has 10 aromatic rings. The number of hydrogen-bond donors (Lipinski definition) is 0. The summed E-state index contributed by atoms with van der Waals surface area (Å²) in [6.45, 7) is 17.5. The van der Waals surface area contributed by atoms with E-state index in [-0.39, 0.29) is 42.9 Å². The van der Waals surface area contributed by atoms with Gasteiger partial charge in [0.05, 0.1) is 11.0 Å². The van der Waals surface area contributed by atoms with Crippen molar-refractivity contribution in [1.29, 1.82) is 0 Å². The van der Waals surface area contributed by atoms with Gasteiger partial charge in [-0.1, -0.05) is 139 Å². The van der Waals surface area contributed by atoms with Gasteiger partial charge in [0.25, 0.3) is 5.69 Å². The molecular formula is C61H55N5OPt+2. The quantitative estimate of drug-likeness (QED) is 0.123. The van der Waals surface area contributed by atoms with Crippen LogP contribution in [0.5, 0.6) is 11.5 Å². The number of pyridine rings is 1. The Morgan fingerprint density at radius 1 is 0.559 bits per heavy atom. The van der Waals surface area contributed by atoms with Crippen LogP contribution in [0.2, 0.25) is 0 Å². The summed E-state index contributed by atoms with van der Waals surface area (Å²) in [6.07, 6.45) is 1.89. The molecule has 0 atom stereocenters. The number of nitrogens with zero attached hydrogens (tertiary/aromatic N) is 5. The van der Waals surface area contributed by atoms with E-state index in [4.69, 9.17) is 13.8 Å². The van der Waals surface area contributed by atoms with Crippen LogP contribution in [-0.2, 0) is 37.3 Å². The first-order valence-corrected chi connectivity index (χ1v) is 23.0. The van der Waals surface area contributed by atoms with E-state index in [0.717, 1.165) is 61.2 Å². The van der Waals surface area contributed by atoms with E-state index >= 15 is 0 Å². The maximum absolute atomic E-state index is 8.63. The Hall–Kier alpha value is -6.84. The van der Waals surface area contributed by atoms with Crippen LogP contribution in [0, 0.1) is 19.0 Å². The van der Waals surface area contributed by atoms with Crippen molar-refractivity contribution >= 4 is 72.4 Å². The van der Waals surface area contributed by atoms with Gasteiger partial charge in [0, 0.05) is 67.5 Å². The Balaban J connectivity index is 0.00000582. The van der Waals surface area contributed by atoms with Gasteiger partial charge >= 0.3 is 32.8 Å². The Morgan fingerprint density at radius 2 is 1.21 bits per heavy atom. The second-order valence-electron chi connectivity index (χ2n) is 20.9. The topological polar surface area (TPSA) is 38.0 Å². The molecule has 0 spiro atoms. The van der Waals surface area contributed by atoms with Gasteiger partial charge in [-0.15, -0.1) is 23.6 Å². The van der Waals surface area contributed by atoms with Crippen LogP contribution in [0.15, 0.2) is 152 Å². The van der Waals surface area contributed by atoms with Gasteiger partial charge in [-0.2, -0.15) is 12.1 Å². The molecule has 1 aliphatic heterocycles. The monoisotopic (exact) mass is 1070 g/mol. The van der Waals surface area contributed by atoms with E-state index in [9.17, 15) is 0 Å². The summed E-state index contributed by atoms with van der Waals surface area (Å²) in [5, 5.41) is 4.50. The third-order valence-electron chi connectivity index (χ3n) is 13.1. The van der Waals surface area contributed by atoms with Crippen molar-refractivity contribution in [3.63, 3.8) is 0 Å². The molecule has 1 aliphatic rings. The molecule has 0 fully saturated rings. The first-order valence-electron chi connectivity index (χ1n) is 24.5. The van der Waals surface area contributed by atoms with Crippen LogP contribution in [0.1, 0.15) is 88.7 Å². The van der Waals surface area contributed by atoms with Crippen molar-refractivity contribution in [3.8, 4) is 23.0 Å². The van der Waals surface area contributed by atoms with Gasteiger partial charge in [-0.25, -0.2) is 4.98 Å². The summed E-state index contributed by atoms with van der Waals surface area (Å²) in [6, 6.07) is 60.6. The molecule has 4 heterocycles. The Labute approximate surface area is 418 Å². The van der Waals surface area contributed by atoms with E-state index in [1.807, 2.05) is 45.7 Å². The molecule has 0 saturated heterocycles. The van der Waals surface area contributed by atoms with Crippen molar-refractivity contribution in [1.82, 2.24) is 23.3 Å². The van der Waals surface area contributed by atoms with Crippen molar-refractivity contribution in [2.45, 2.75) is 85.4 Å². The molecule has 7 aromatic carbocycles. The summed E-state index contributed by atoms with van der Waals surface area (Å²) in [5.41, 5.74) is 11.2. The summed E-state index contributed by atoms with van der Waals surface area (Å²) >= 11 is 0. The predicted octanol–water partition coefficient (Wildman–Crippen LogP) is 15.7. The summed E-state index contributed by atoms with van der Waals surface area (Å²) < 4.78 is 40.9. The maximum Gasteiger partial charge on any atom is 2.00 e. The zero-order valence-electron chi connectivity index (χ0n) is 42.9. The van der Waals surface area contributed by atoms with Crippen molar-refractivity contribution in [2.75, 3.05) is 0 Å². The van der Waals surface area contributed by atoms with E-state index in [1.165, 1.54) is 16.3 Å². The fourth-order valence-corrected chi connectivity index (χ4v) is 9.43. The fraction of sp³-hybridized carbons (Fsp3) is 0.213. The molecule has 338 valence electrons. The first-order chi connectivity index (χ1) is 33.2. The van der Waals surface area contributed by atoms with Crippen molar-refractivity contribution < 1.29 is 29.9 Å². The van der Waals surface area contributed by atoms with Crippen LogP contribution in [0.3, 0.4) is 0 Å². The number of aromatic nitrogens is 3. The smallest absolute Gasteiger partial charge is 0.509 e. The predicted molar refractivity (Wildman–Crippen MR) is 279 cm³/mol. The molecular weight excluding hydrogens is 1010 g/mol. The molecule has 68 heavy (non-hydrogen) atoms. The normalized spacial score (nSPS) is 13.8. The Morgan fingerprint density at radius 3 is 1.88 bits per heavy atom. The van der Waals surface area contributed by atoms with E-state index in [1.54, 1.807) is 12.1 Å². The number of ether oxygens (including phenoxy) is 1.